The third kappa shape index (κ3) is 6.74. The first-order chi connectivity index (χ1) is 17.4. The van der Waals surface area contributed by atoms with Crippen LogP contribution in [0.5, 0.6) is 5.75 Å². The van der Waals surface area contributed by atoms with Crippen LogP contribution in [0.1, 0.15) is 27.0 Å². The van der Waals surface area contributed by atoms with Crippen LogP contribution in [-0.4, -0.2) is 62.3 Å². The molecule has 0 spiro atoms. The van der Waals surface area contributed by atoms with Gasteiger partial charge in [-0.1, -0.05) is 36.3 Å². The largest absolute Gasteiger partial charge is 0.462 e. The van der Waals surface area contributed by atoms with Crippen molar-refractivity contribution in [2.24, 2.45) is 0 Å². The van der Waals surface area contributed by atoms with Crippen LogP contribution in [0.3, 0.4) is 0 Å². The Hall–Kier alpha value is -2.82. The number of carbonyl (C=O) groups excluding carboxylic acids is 1. The van der Waals surface area contributed by atoms with Gasteiger partial charge < -0.3 is 24.2 Å². The molecule has 1 aromatic carbocycles. The van der Waals surface area contributed by atoms with E-state index in [0.29, 0.717) is 0 Å². The van der Waals surface area contributed by atoms with Gasteiger partial charge in [-0.25, -0.2) is 9.36 Å². The van der Waals surface area contributed by atoms with E-state index in [1.165, 1.54) is 31.3 Å². The Bertz CT molecular complexity index is 1310. The van der Waals surface area contributed by atoms with Crippen molar-refractivity contribution in [3.8, 4) is 18.1 Å². The van der Waals surface area contributed by atoms with Crippen LogP contribution in [0, 0.1) is 17.0 Å². The molecule has 0 saturated carbocycles. The van der Waals surface area contributed by atoms with Crippen LogP contribution >= 0.6 is 20.0 Å². The van der Waals surface area contributed by atoms with E-state index < -0.39 is 62.2 Å². The van der Waals surface area contributed by atoms with Crippen LogP contribution in [0.2, 0.25) is 0 Å². The zero-order chi connectivity index (χ0) is 27.4. The summed E-state index contributed by atoms with van der Waals surface area (Å²) in [5.74, 6) is 1.66. The summed E-state index contributed by atoms with van der Waals surface area (Å²) in [6.07, 6.45) is 1.65. The first-order valence-electron chi connectivity index (χ1n) is 11.2. The Labute approximate surface area is 218 Å². The van der Waals surface area contributed by atoms with Gasteiger partial charge >= 0.3 is 19.4 Å². The maximum atomic E-state index is 13.7. The Kier molecular flexibility index (Phi) is 9.09. The molecule has 2 heterocycles. The van der Waals surface area contributed by atoms with Crippen molar-refractivity contribution in [3.05, 3.63) is 57.7 Å². The summed E-state index contributed by atoms with van der Waals surface area (Å²) in [5.41, 5.74) is -2.76. The fraction of sp³-hybridized carbons (Fsp3) is 0.435. The number of nitrogens with one attached hydrogen (secondary N) is 2. The molecule has 4 N–H and O–H groups in total. The molecule has 1 aliphatic rings. The lowest BCUT2D eigenvalue weighted by Crippen LogP contribution is -2.46. The quantitative estimate of drug-likeness (QED) is 0.147. The zero-order valence-electron chi connectivity index (χ0n) is 20.3. The first-order valence-corrected chi connectivity index (χ1v) is 13.2. The lowest BCUT2D eigenvalue weighted by atomic mass is 9.97. The van der Waals surface area contributed by atoms with E-state index in [1.807, 2.05) is 0 Å². The monoisotopic (exact) mass is 553 g/mol. The van der Waals surface area contributed by atoms with Crippen molar-refractivity contribution in [3.63, 3.8) is 0 Å². The van der Waals surface area contributed by atoms with Gasteiger partial charge in [0.2, 0.25) is 0 Å². The van der Waals surface area contributed by atoms with E-state index >= 15 is 0 Å². The van der Waals surface area contributed by atoms with Crippen molar-refractivity contribution < 1.29 is 38.1 Å². The second-order valence-electron chi connectivity index (χ2n) is 8.51. The number of esters is 1. The summed E-state index contributed by atoms with van der Waals surface area (Å²) >= 11 is 4.91. The maximum absolute atomic E-state index is 13.7. The number of aliphatic hydroxyl groups is 2. The number of terminal acetylenes is 1. The van der Waals surface area contributed by atoms with E-state index in [1.54, 1.807) is 32.0 Å². The number of benzene rings is 1. The Morgan fingerprint density at radius 1 is 1.32 bits per heavy atom. The molecule has 1 aromatic heterocycles. The molecule has 0 radical (unpaired) electrons. The number of nitrogens with zero attached hydrogens (tertiary/aromatic N) is 1. The van der Waals surface area contributed by atoms with Crippen molar-refractivity contribution in [2.45, 2.75) is 57.0 Å². The second kappa shape index (κ2) is 11.7. The second-order valence-corrected chi connectivity index (χ2v) is 10.6. The highest BCUT2D eigenvalue weighted by atomic mass is 32.1. The van der Waals surface area contributed by atoms with Crippen molar-refractivity contribution >= 4 is 25.9 Å². The molecule has 12 nitrogen and oxygen atoms in total. The van der Waals surface area contributed by atoms with Crippen LogP contribution in [-0.2, 0) is 23.4 Å². The number of para-hydroxylation sites is 1. The van der Waals surface area contributed by atoms with Gasteiger partial charge in [0, 0.05) is 6.20 Å². The number of aromatic amines is 1. The molecule has 1 aliphatic heterocycles. The van der Waals surface area contributed by atoms with E-state index in [-0.39, 0.29) is 10.4 Å². The summed E-state index contributed by atoms with van der Waals surface area (Å²) in [4.78, 5) is 27.0. The molecule has 14 heteroatoms. The van der Waals surface area contributed by atoms with Gasteiger partial charge in [0.05, 0.1) is 6.10 Å². The highest BCUT2D eigenvalue weighted by Gasteiger charge is 2.55. The summed E-state index contributed by atoms with van der Waals surface area (Å²) < 4.78 is 36.8. The Morgan fingerprint density at radius 2 is 2.00 bits per heavy atom. The number of aliphatic hydroxyl groups excluding tert-OH is 2. The average Bonchev–Trinajstić information content (AvgIpc) is 3.08. The standard InChI is InChI=1S/C23H28N3O9PS/c1-5-23(19(28)18(27)20(34-23)26-12-11-17(37)24-22(26)30)13-32-36(31,35-16-9-7-6-8-10-16)25-15(4)21(29)33-14(2)3/h1,6-12,14-15,18-20,27-28H,13H2,2-4H3,(H,25,31)(H,24,30,37)/t15-,18-,19+,20+,23+,36?/m0/s1. The number of carbonyl (C=O) groups is 1. The summed E-state index contributed by atoms with van der Waals surface area (Å²) in [6, 6.07) is 8.26. The van der Waals surface area contributed by atoms with E-state index in [9.17, 15) is 24.4 Å². The summed E-state index contributed by atoms with van der Waals surface area (Å²) in [6.45, 7) is 3.96. The molecular formula is C23H28N3O9PS. The van der Waals surface area contributed by atoms with Gasteiger partial charge in [0.25, 0.3) is 0 Å². The fourth-order valence-corrected chi connectivity index (χ4v) is 5.10. The highest BCUT2D eigenvalue weighted by Crippen LogP contribution is 2.47. The fourth-order valence-electron chi connectivity index (χ4n) is 3.43. The molecule has 200 valence electrons. The normalized spacial score (nSPS) is 25.7. The molecule has 0 bridgehead atoms. The molecular weight excluding hydrogens is 525 g/mol. The first kappa shape index (κ1) is 28.7. The summed E-state index contributed by atoms with van der Waals surface area (Å²) in [7, 11) is -4.36. The number of aromatic nitrogens is 2. The predicted octanol–water partition coefficient (Wildman–Crippen LogP) is 1.66. The maximum Gasteiger partial charge on any atom is 0.459 e. The van der Waals surface area contributed by atoms with Gasteiger partial charge in [-0.05, 0) is 39.0 Å². The third-order valence-electron chi connectivity index (χ3n) is 5.27. The minimum Gasteiger partial charge on any atom is -0.462 e. The van der Waals surface area contributed by atoms with Crippen LogP contribution in [0.15, 0.2) is 47.4 Å². The molecule has 2 aromatic rings. The van der Waals surface area contributed by atoms with Crippen molar-refractivity contribution in [1.82, 2.24) is 14.6 Å². The van der Waals surface area contributed by atoms with Gasteiger partial charge in [-0.2, -0.15) is 5.09 Å². The number of H-pyrrole nitrogens is 1. The number of hydrogen-bond donors (Lipinski definition) is 4. The smallest absolute Gasteiger partial charge is 0.459 e. The number of rotatable bonds is 10. The molecule has 1 unspecified atom stereocenters. The number of hydrogen-bond acceptors (Lipinski definition) is 10. The minimum absolute atomic E-state index is 0.148. The van der Waals surface area contributed by atoms with Gasteiger partial charge in [0.1, 0.15) is 35.2 Å². The van der Waals surface area contributed by atoms with Crippen molar-refractivity contribution in [1.29, 1.82) is 0 Å². The lowest BCUT2D eigenvalue weighted by Gasteiger charge is -2.29. The van der Waals surface area contributed by atoms with E-state index in [2.05, 4.69) is 16.0 Å². The molecule has 3 rings (SSSR count). The van der Waals surface area contributed by atoms with Crippen molar-refractivity contribution in [2.75, 3.05) is 6.61 Å². The molecule has 1 fully saturated rings. The average molecular weight is 554 g/mol. The molecule has 37 heavy (non-hydrogen) atoms. The molecule has 0 aliphatic carbocycles. The van der Waals surface area contributed by atoms with Gasteiger partial charge in [-0.3, -0.25) is 18.9 Å². The lowest BCUT2D eigenvalue weighted by molar-refractivity contribution is -0.149. The van der Waals surface area contributed by atoms with Gasteiger partial charge in [-0.15, -0.1) is 6.42 Å². The molecule has 1 saturated heterocycles. The van der Waals surface area contributed by atoms with Crippen LogP contribution < -0.4 is 15.3 Å². The Balaban J connectivity index is 1.87. The van der Waals surface area contributed by atoms with Crippen LogP contribution in [0.4, 0.5) is 0 Å². The topological polar surface area (TPSA) is 161 Å². The number of ether oxygens (including phenoxy) is 2. The third-order valence-corrected chi connectivity index (χ3v) is 7.13. The Morgan fingerprint density at radius 3 is 2.59 bits per heavy atom. The SMILES string of the molecule is C#C[C@]1(COP(=O)(N[C@@H](C)C(=O)OC(C)C)Oc2ccccc2)O[C@@H](n2ccc(=S)[nH]c2=O)[C@@H](O)[C@H]1O. The molecule has 6 atom stereocenters. The van der Waals surface area contributed by atoms with Crippen LogP contribution in [0.25, 0.3) is 0 Å². The van der Waals surface area contributed by atoms with Gasteiger partial charge in [0.15, 0.2) is 11.8 Å². The predicted molar refractivity (Wildman–Crippen MR) is 134 cm³/mol. The minimum atomic E-state index is -4.36. The molecule has 0 amide bonds. The van der Waals surface area contributed by atoms with E-state index in [0.717, 1.165) is 4.57 Å². The van der Waals surface area contributed by atoms with E-state index in [4.69, 9.17) is 37.2 Å². The summed E-state index contributed by atoms with van der Waals surface area (Å²) in [5, 5.41) is 23.9. The highest BCUT2D eigenvalue weighted by molar-refractivity contribution is 7.71. The zero-order valence-corrected chi connectivity index (χ0v) is 22.0.